The van der Waals surface area contributed by atoms with Crippen molar-refractivity contribution in [3.8, 4) is 5.75 Å². The van der Waals surface area contributed by atoms with Gasteiger partial charge in [-0.05, 0) is 31.9 Å². The van der Waals surface area contributed by atoms with Crippen LogP contribution in [0.15, 0.2) is 46.8 Å². The molecule has 0 aromatic heterocycles. The van der Waals surface area contributed by atoms with Crippen LogP contribution in [0.25, 0.3) is 0 Å². The van der Waals surface area contributed by atoms with Gasteiger partial charge in [-0.2, -0.15) is 0 Å². The fourth-order valence-electron chi connectivity index (χ4n) is 3.99. The number of hydrogen-bond acceptors (Lipinski definition) is 7. The van der Waals surface area contributed by atoms with Crippen LogP contribution < -0.4 is 10.1 Å². The summed E-state index contributed by atoms with van der Waals surface area (Å²) in [5.41, 5.74) is 3.83. The molecule has 1 aromatic rings. The normalized spacial score (nSPS) is 18.5. The Morgan fingerprint density at radius 1 is 1.10 bits per heavy atom. The second-order valence-corrected chi connectivity index (χ2v) is 7.58. The molecule has 1 aromatic carbocycles. The minimum absolute atomic E-state index is 0.0463. The predicted molar refractivity (Wildman–Crippen MR) is 116 cm³/mol. The lowest BCUT2D eigenvalue weighted by Crippen LogP contribution is -2.32. The van der Waals surface area contributed by atoms with Crippen molar-refractivity contribution < 1.29 is 28.5 Å². The quantitative estimate of drug-likeness (QED) is 0.451. The van der Waals surface area contributed by atoms with Gasteiger partial charge in [-0.1, -0.05) is 18.2 Å². The first kappa shape index (κ1) is 23.0. The molecule has 7 nitrogen and oxygen atoms in total. The molecule has 1 aliphatic heterocycles. The van der Waals surface area contributed by atoms with E-state index in [4.69, 9.17) is 18.9 Å². The van der Waals surface area contributed by atoms with E-state index in [1.165, 1.54) is 0 Å². The Hall–Kier alpha value is -2.64. The molecule has 1 atom stereocenters. The van der Waals surface area contributed by atoms with Crippen molar-refractivity contribution >= 4 is 11.8 Å². The number of benzene rings is 1. The summed E-state index contributed by atoms with van der Waals surface area (Å²) in [5, 5.41) is 3.29. The number of allylic oxidation sites excluding steroid dienone is 3. The Kier molecular flexibility index (Phi) is 8.26. The van der Waals surface area contributed by atoms with Crippen LogP contribution in [0.2, 0.25) is 0 Å². The zero-order valence-electron chi connectivity index (χ0n) is 18.5. The molecule has 3 rings (SSSR count). The monoisotopic (exact) mass is 429 g/mol. The van der Waals surface area contributed by atoms with Gasteiger partial charge in [-0.3, -0.25) is 4.79 Å². The van der Waals surface area contributed by atoms with E-state index in [1.807, 2.05) is 38.1 Å². The average Bonchev–Trinajstić information content (AvgIpc) is 2.77. The topological polar surface area (TPSA) is 83.1 Å². The lowest BCUT2D eigenvalue weighted by atomic mass is 9.78. The molecule has 7 heteroatoms. The van der Waals surface area contributed by atoms with E-state index in [9.17, 15) is 9.59 Å². The van der Waals surface area contributed by atoms with E-state index in [0.29, 0.717) is 56.8 Å². The summed E-state index contributed by atoms with van der Waals surface area (Å²) in [6, 6.07) is 7.80. The maximum atomic E-state index is 12.9. The molecule has 0 fully saturated rings. The number of hydrogen-bond donors (Lipinski definition) is 1. The predicted octanol–water partition coefficient (Wildman–Crippen LogP) is 3.26. The number of ether oxygens (including phenoxy) is 4. The summed E-state index contributed by atoms with van der Waals surface area (Å²) in [7, 11) is 1.64. The maximum absolute atomic E-state index is 12.9. The smallest absolute Gasteiger partial charge is 0.336 e. The highest BCUT2D eigenvalue weighted by molar-refractivity contribution is 6.01. The Morgan fingerprint density at radius 3 is 2.61 bits per heavy atom. The third-order valence-corrected chi connectivity index (χ3v) is 5.59. The molecule has 1 aliphatic carbocycles. The van der Waals surface area contributed by atoms with Gasteiger partial charge in [0.2, 0.25) is 0 Å². The molecule has 1 N–H and O–H groups in total. The third kappa shape index (κ3) is 5.74. The van der Waals surface area contributed by atoms with E-state index >= 15 is 0 Å². The van der Waals surface area contributed by atoms with Crippen LogP contribution in [-0.2, 0) is 23.8 Å². The highest BCUT2D eigenvalue weighted by atomic mass is 16.6. The SMILES string of the molecule is CCOCCOCCOC(=O)C1=C(C)NC2=C(C1)C(=O)C[C@H](c1ccccc1OC)C2. The van der Waals surface area contributed by atoms with Gasteiger partial charge >= 0.3 is 5.97 Å². The van der Waals surface area contributed by atoms with Gasteiger partial charge in [0.15, 0.2) is 5.78 Å². The zero-order chi connectivity index (χ0) is 22.2. The van der Waals surface area contributed by atoms with Crippen molar-refractivity contribution in [3.63, 3.8) is 0 Å². The number of carbonyl (C=O) groups excluding carboxylic acids is 2. The average molecular weight is 430 g/mol. The Balaban J connectivity index is 1.58. The minimum Gasteiger partial charge on any atom is -0.496 e. The van der Waals surface area contributed by atoms with E-state index in [2.05, 4.69) is 5.32 Å². The van der Waals surface area contributed by atoms with Crippen molar-refractivity contribution in [1.82, 2.24) is 5.32 Å². The molecule has 0 saturated carbocycles. The lowest BCUT2D eigenvalue weighted by molar-refractivity contribution is -0.140. The number of ketones is 1. The first-order chi connectivity index (χ1) is 15.0. The first-order valence-electron chi connectivity index (χ1n) is 10.7. The Bertz CT molecular complexity index is 873. The molecular weight excluding hydrogens is 398 g/mol. The minimum atomic E-state index is -0.412. The van der Waals surface area contributed by atoms with E-state index < -0.39 is 5.97 Å². The van der Waals surface area contributed by atoms with E-state index in [1.54, 1.807) is 7.11 Å². The van der Waals surface area contributed by atoms with Crippen LogP contribution in [0, 0.1) is 0 Å². The molecule has 0 bridgehead atoms. The molecule has 0 radical (unpaired) electrons. The van der Waals surface area contributed by atoms with Crippen molar-refractivity contribution in [1.29, 1.82) is 0 Å². The number of nitrogens with one attached hydrogen (secondary N) is 1. The number of Topliss-reactive ketones (excluding diaryl/α,β-unsaturated/α-hetero) is 1. The summed E-state index contributed by atoms with van der Waals surface area (Å²) in [6.07, 6.45) is 1.40. The fraction of sp³-hybridized carbons (Fsp3) is 0.500. The fourth-order valence-corrected chi connectivity index (χ4v) is 3.99. The molecule has 2 aliphatic rings. The largest absolute Gasteiger partial charge is 0.496 e. The van der Waals surface area contributed by atoms with Crippen LogP contribution in [-0.4, -0.2) is 51.9 Å². The maximum Gasteiger partial charge on any atom is 0.336 e. The first-order valence-corrected chi connectivity index (χ1v) is 10.7. The van der Waals surface area contributed by atoms with Gasteiger partial charge in [-0.15, -0.1) is 0 Å². The van der Waals surface area contributed by atoms with Gasteiger partial charge < -0.3 is 24.3 Å². The second-order valence-electron chi connectivity index (χ2n) is 7.58. The molecule has 168 valence electrons. The third-order valence-electron chi connectivity index (χ3n) is 5.59. The van der Waals surface area contributed by atoms with Crippen molar-refractivity contribution in [2.45, 2.75) is 39.0 Å². The molecule has 0 spiro atoms. The van der Waals surface area contributed by atoms with Gasteiger partial charge in [0.05, 0.1) is 32.5 Å². The second kappa shape index (κ2) is 11.1. The number of para-hydroxylation sites is 1. The van der Waals surface area contributed by atoms with Crippen LogP contribution in [0.4, 0.5) is 0 Å². The molecule has 0 unspecified atom stereocenters. The van der Waals surface area contributed by atoms with Gasteiger partial charge in [0, 0.05) is 42.3 Å². The zero-order valence-corrected chi connectivity index (χ0v) is 18.5. The number of rotatable bonds is 10. The van der Waals surface area contributed by atoms with E-state index in [0.717, 1.165) is 22.7 Å². The van der Waals surface area contributed by atoms with Crippen LogP contribution in [0.3, 0.4) is 0 Å². The van der Waals surface area contributed by atoms with Crippen molar-refractivity contribution in [2.24, 2.45) is 0 Å². The highest BCUT2D eigenvalue weighted by Crippen LogP contribution is 2.41. The van der Waals surface area contributed by atoms with Crippen LogP contribution >= 0.6 is 0 Å². The van der Waals surface area contributed by atoms with Gasteiger partial charge in [0.25, 0.3) is 0 Å². The van der Waals surface area contributed by atoms with Crippen LogP contribution in [0.5, 0.6) is 5.75 Å². The summed E-state index contributed by atoms with van der Waals surface area (Å²) in [4.78, 5) is 25.5. The molecule has 1 heterocycles. The van der Waals surface area contributed by atoms with Gasteiger partial charge in [-0.25, -0.2) is 4.79 Å². The van der Waals surface area contributed by atoms with Crippen molar-refractivity contribution in [2.75, 3.05) is 40.1 Å². The lowest BCUT2D eigenvalue weighted by Gasteiger charge is -2.32. The van der Waals surface area contributed by atoms with E-state index in [-0.39, 0.29) is 18.3 Å². The van der Waals surface area contributed by atoms with Gasteiger partial charge in [0.1, 0.15) is 12.4 Å². The summed E-state index contributed by atoms with van der Waals surface area (Å²) >= 11 is 0. The van der Waals surface area contributed by atoms with Crippen LogP contribution in [0.1, 0.15) is 44.6 Å². The number of esters is 1. The number of methoxy groups -OCH3 is 1. The highest BCUT2D eigenvalue weighted by Gasteiger charge is 2.34. The summed E-state index contributed by atoms with van der Waals surface area (Å²) in [5.74, 6) is 0.483. The molecule has 0 amide bonds. The Labute approximate surface area is 183 Å². The number of dihydropyridines is 1. The molecule has 31 heavy (non-hydrogen) atoms. The standard InChI is InChI=1S/C24H31NO6/c1-4-29-9-10-30-11-12-31-24(27)19-15-20-21(25-16(19)2)13-17(14-22(20)26)18-7-5-6-8-23(18)28-3/h5-8,17,25H,4,9-15H2,1-3H3/t17-/m1/s1. The Morgan fingerprint density at radius 2 is 1.84 bits per heavy atom. The number of carbonyl (C=O) groups is 2. The van der Waals surface area contributed by atoms with Crippen molar-refractivity contribution in [3.05, 3.63) is 52.4 Å². The summed E-state index contributed by atoms with van der Waals surface area (Å²) < 4.78 is 21.4. The molecular formula is C24H31NO6. The summed E-state index contributed by atoms with van der Waals surface area (Å²) in [6.45, 7) is 5.88. The molecule has 0 saturated heterocycles.